The Kier molecular flexibility index (Phi) is 12.2. The summed E-state index contributed by atoms with van der Waals surface area (Å²) >= 11 is 3.76. The maximum atomic E-state index is 11.5. The highest BCUT2D eigenvalue weighted by molar-refractivity contribution is 8.02. The second-order valence-corrected chi connectivity index (χ2v) is 7.18. The maximum absolute atomic E-state index is 11.5. The molecular formula is C14H28N2O2S2. The number of hydrogen-bond acceptors (Lipinski definition) is 4. The zero-order valence-electron chi connectivity index (χ0n) is 13.2. The number of thioether (sulfide) groups is 2. The van der Waals surface area contributed by atoms with Gasteiger partial charge in [-0.15, -0.1) is 0 Å². The van der Waals surface area contributed by atoms with Crippen molar-refractivity contribution in [2.45, 2.75) is 26.7 Å². The van der Waals surface area contributed by atoms with Gasteiger partial charge in [0.15, 0.2) is 0 Å². The van der Waals surface area contributed by atoms with Crippen LogP contribution < -0.4 is 0 Å². The van der Waals surface area contributed by atoms with E-state index in [9.17, 15) is 9.59 Å². The van der Waals surface area contributed by atoms with E-state index in [0.717, 1.165) is 42.5 Å². The first-order valence-electron chi connectivity index (χ1n) is 7.10. The van der Waals surface area contributed by atoms with E-state index in [1.54, 1.807) is 11.8 Å². The fourth-order valence-electron chi connectivity index (χ4n) is 1.41. The third-order valence-corrected chi connectivity index (χ3v) is 5.13. The van der Waals surface area contributed by atoms with Crippen LogP contribution in [0.5, 0.6) is 0 Å². The van der Waals surface area contributed by atoms with Gasteiger partial charge in [-0.25, -0.2) is 0 Å². The average Bonchev–Trinajstić information content (AvgIpc) is 2.41. The summed E-state index contributed by atoms with van der Waals surface area (Å²) in [6.45, 7) is 5.28. The Bertz CT molecular complexity index is 288. The topological polar surface area (TPSA) is 40.6 Å². The van der Waals surface area contributed by atoms with Gasteiger partial charge < -0.3 is 9.80 Å². The Morgan fingerprint density at radius 3 is 1.85 bits per heavy atom. The molecule has 20 heavy (non-hydrogen) atoms. The summed E-state index contributed by atoms with van der Waals surface area (Å²) in [6.07, 6.45) is 1.57. The smallest absolute Gasteiger partial charge is 0.222 e. The van der Waals surface area contributed by atoms with Gasteiger partial charge in [0.25, 0.3) is 0 Å². The lowest BCUT2D eigenvalue weighted by atomic mass is 10.3. The van der Waals surface area contributed by atoms with E-state index in [2.05, 4.69) is 0 Å². The number of nitrogens with zero attached hydrogens (tertiary/aromatic N) is 2. The molecule has 0 unspecified atom stereocenters. The average molecular weight is 321 g/mol. The normalized spacial score (nSPS) is 10.4. The molecule has 4 nitrogen and oxygen atoms in total. The Hall–Kier alpha value is -0.360. The molecule has 0 saturated carbocycles. The van der Waals surface area contributed by atoms with Crippen LogP contribution in [-0.2, 0) is 9.59 Å². The number of carbonyl (C=O) groups is 2. The second kappa shape index (κ2) is 12.4. The van der Waals surface area contributed by atoms with Crippen LogP contribution in [-0.4, -0.2) is 71.8 Å². The minimum Gasteiger partial charge on any atom is -0.345 e. The quantitative estimate of drug-likeness (QED) is 0.547. The van der Waals surface area contributed by atoms with Crippen LogP contribution in [0.1, 0.15) is 26.7 Å². The molecule has 6 heteroatoms. The summed E-state index contributed by atoms with van der Waals surface area (Å²) in [6, 6.07) is 0. The lowest BCUT2D eigenvalue weighted by Gasteiger charge is -2.16. The summed E-state index contributed by atoms with van der Waals surface area (Å²) in [5, 5.41) is 0. The highest BCUT2D eigenvalue weighted by atomic mass is 32.2. The summed E-state index contributed by atoms with van der Waals surface area (Å²) in [5.74, 6) is 4.56. The van der Waals surface area contributed by atoms with Crippen molar-refractivity contribution in [1.29, 1.82) is 0 Å². The highest BCUT2D eigenvalue weighted by Crippen LogP contribution is 2.08. The van der Waals surface area contributed by atoms with Gasteiger partial charge in [0.05, 0.1) is 0 Å². The highest BCUT2D eigenvalue weighted by Gasteiger charge is 2.06. The van der Waals surface area contributed by atoms with Crippen LogP contribution in [0.2, 0.25) is 0 Å². The van der Waals surface area contributed by atoms with Crippen molar-refractivity contribution in [3.63, 3.8) is 0 Å². The first kappa shape index (κ1) is 19.6. The zero-order chi connectivity index (χ0) is 15.4. The fourth-order valence-corrected chi connectivity index (χ4v) is 3.57. The molecule has 2 amide bonds. The molecule has 0 aliphatic carbocycles. The van der Waals surface area contributed by atoms with Gasteiger partial charge >= 0.3 is 0 Å². The molecule has 0 N–H and O–H groups in total. The molecule has 118 valence electrons. The largest absolute Gasteiger partial charge is 0.345 e. The monoisotopic (exact) mass is 320 g/mol. The van der Waals surface area contributed by atoms with Gasteiger partial charge in [-0.3, -0.25) is 9.59 Å². The summed E-state index contributed by atoms with van der Waals surface area (Å²) in [7, 11) is 3.71. The van der Waals surface area contributed by atoms with Crippen LogP contribution in [0.15, 0.2) is 0 Å². The van der Waals surface area contributed by atoms with E-state index in [1.807, 2.05) is 49.4 Å². The van der Waals surface area contributed by atoms with Crippen LogP contribution in [0.3, 0.4) is 0 Å². The van der Waals surface area contributed by atoms with Crippen molar-refractivity contribution in [1.82, 2.24) is 9.80 Å². The molecule has 0 aliphatic rings. The molecule has 0 heterocycles. The molecular weight excluding hydrogens is 292 g/mol. The Morgan fingerprint density at radius 2 is 1.40 bits per heavy atom. The SMILES string of the molecule is CCCC(=O)N(C)CCSCCSCCN(C)C(C)=O. The van der Waals surface area contributed by atoms with Gasteiger partial charge in [0.1, 0.15) is 0 Å². The van der Waals surface area contributed by atoms with E-state index in [0.29, 0.717) is 6.42 Å². The molecule has 0 aliphatic heterocycles. The third-order valence-electron chi connectivity index (χ3n) is 2.94. The van der Waals surface area contributed by atoms with E-state index in [1.165, 1.54) is 0 Å². The molecule has 0 radical (unpaired) electrons. The van der Waals surface area contributed by atoms with Gasteiger partial charge in [-0.2, -0.15) is 23.5 Å². The molecule has 0 saturated heterocycles. The maximum Gasteiger partial charge on any atom is 0.222 e. The Morgan fingerprint density at radius 1 is 0.900 bits per heavy atom. The summed E-state index contributed by atoms with van der Waals surface area (Å²) in [5.41, 5.74) is 0. The van der Waals surface area contributed by atoms with Gasteiger partial charge in [-0.1, -0.05) is 6.92 Å². The molecule has 0 fully saturated rings. The van der Waals surface area contributed by atoms with Gasteiger partial charge in [0, 0.05) is 63.5 Å². The van der Waals surface area contributed by atoms with E-state index < -0.39 is 0 Å². The van der Waals surface area contributed by atoms with Crippen molar-refractivity contribution >= 4 is 35.3 Å². The lowest BCUT2D eigenvalue weighted by Crippen LogP contribution is -2.28. The zero-order valence-corrected chi connectivity index (χ0v) is 14.8. The van der Waals surface area contributed by atoms with Crippen molar-refractivity contribution < 1.29 is 9.59 Å². The molecule has 0 spiro atoms. The van der Waals surface area contributed by atoms with Crippen LogP contribution in [0, 0.1) is 0 Å². The van der Waals surface area contributed by atoms with Crippen molar-refractivity contribution in [2.75, 3.05) is 50.2 Å². The van der Waals surface area contributed by atoms with E-state index >= 15 is 0 Å². The van der Waals surface area contributed by atoms with Crippen LogP contribution in [0.25, 0.3) is 0 Å². The van der Waals surface area contributed by atoms with E-state index in [-0.39, 0.29) is 11.8 Å². The van der Waals surface area contributed by atoms with Crippen molar-refractivity contribution in [3.8, 4) is 0 Å². The third kappa shape index (κ3) is 10.4. The second-order valence-electron chi connectivity index (χ2n) is 4.73. The summed E-state index contributed by atoms with van der Waals surface area (Å²) in [4.78, 5) is 26.1. The first-order chi connectivity index (χ1) is 9.49. The standard InChI is InChI=1S/C14H28N2O2S2/c1-5-6-14(18)16(4)8-10-20-12-11-19-9-7-15(3)13(2)17/h5-12H2,1-4H3. The van der Waals surface area contributed by atoms with Gasteiger partial charge in [-0.05, 0) is 6.42 Å². The minimum absolute atomic E-state index is 0.125. The predicted octanol–water partition coefficient (Wildman–Crippen LogP) is 2.19. The first-order valence-corrected chi connectivity index (χ1v) is 9.41. The van der Waals surface area contributed by atoms with Crippen LogP contribution in [0.4, 0.5) is 0 Å². The number of carbonyl (C=O) groups excluding carboxylic acids is 2. The van der Waals surface area contributed by atoms with Crippen LogP contribution >= 0.6 is 23.5 Å². The molecule has 0 rings (SSSR count). The minimum atomic E-state index is 0.125. The molecule has 0 atom stereocenters. The summed E-state index contributed by atoms with van der Waals surface area (Å²) < 4.78 is 0. The molecule has 0 bridgehead atoms. The van der Waals surface area contributed by atoms with Crippen molar-refractivity contribution in [2.24, 2.45) is 0 Å². The number of hydrogen-bond donors (Lipinski definition) is 0. The molecule has 0 aromatic heterocycles. The molecule has 0 aromatic carbocycles. The lowest BCUT2D eigenvalue weighted by molar-refractivity contribution is -0.129. The Balaban J connectivity index is 3.36. The number of rotatable bonds is 11. The van der Waals surface area contributed by atoms with Gasteiger partial charge in [0.2, 0.25) is 11.8 Å². The predicted molar refractivity (Wildman–Crippen MR) is 90.5 cm³/mol. The fraction of sp³-hybridized carbons (Fsp3) is 0.857. The number of amides is 2. The Labute approximate surface area is 132 Å². The van der Waals surface area contributed by atoms with E-state index in [4.69, 9.17) is 0 Å². The molecule has 0 aromatic rings. The van der Waals surface area contributed by atoms with Crippen molar-refractivity contribution in [3.05, 3.63) is 0 Å².